The van der Waals surface area contributed by atoms with Crippen LogP contribution in [0.5, 0.6) is 0 Å². The summed E-state index contributed by atoms with van der Waals surface area (Å²) in [6, 6.07) is 15.6. The van der Waals surface area contributed by atoms with Gasteiger partial charge in [0.25, 0.3) is 7.52 Å². The maximum absolute atomic E-state index is 12.6. The van der Waals surface area contributed by atoms with Gasteiger partial charge in [0.1, 0.15) is 6.04 Å². The maximum Gasteiger partial charge on any atom is 0.321 e. The van der Waals surface area contributed by atoms with Crippen LogP contribution in [0.4, 0.5) is 0 Å². The number of aromatic nitrogens is 1. The summed E-state index contributed by atoms with van der Waals surface area (Å²) in [7, 11) is -3.84. The third-order valence-electron chi connectivity index (χ3n) is 4.64. The standard InChI is InChI=1S/C20H23N2O4P/c1-14(17-12-21-18-10-6-5-9-16(17)18)11-19(20(23)24)22-27(25,26)13-15-7-3-2-4-8-15/h2-10,12,14,19,21H,11,13H2,1H3,(H,23,24)(H2,22,25,26). The van der Waals surface area contributed by atoms with Crippen molar-refractivity contribution in [3.8, 4) is 0 Å². The summed E-state index contributed by atoms with van der Waals surface area (Å²) in [6.45, 7) is 1.92. The first-order valence-corrected chi connectivity index (χ1v) is 10.6. The molecule has 0 saturated carbocycles. The molecule has 0 fully saturated rings. The van der Waals surface area contributed by atoms with E-state index in [-0.39, 0.29) is 18.5 Å². The van der Waals surface area contributed by atoms with Crippen molar-refractivity contribution in [2.24, 2.45) is 0 Å². The second-order valence-corrected chi connectivity index (χ2v) is 8.77. The molecule has 0 radical (unpaired) electrons. The Morgan fingerprint density at radius 2 is 1.81 bits per heavy atom. The third-order valence-corrected chi connectivity index (χ3v) is 6.15. The Balaban J connectivity index is 1.73. The zero-order chi connectivity index (χ0) is 19.4. The van der Waals surface area contributed by atoms with E-state index in [0.717, 1.165) is 16.5 Å². The van der Waals surface area contributed by atoms with Gasteiger partial charge in [-0.1, -0.05) is 55.5 Å². The number of carboxylic acids is 1. The lowest BCUT2D eigenvalue weighted by Gasteiger charge is -2.22. The van der Waals surface area contributed by atoms with Crippen LogP contribution in [0.1, 0.15) is 30.4 Å². The molecule has 0 amide bonds. The predicted molar refractivity (Wildman–Crippen MR) is 106 cm³/mol. The first kappa shape index (κ1) is 19.4. The Kier molecular flexibility index (Phi) is 5.80. The van der Waals surface area contributed by atoms with Gasteiger partial charge in [-0.05, 0) is 29.5 Å². The van der Waals surface area contributed by atoms with Crippen molar-refractivity contribution < 1.29 is 19.4 Å². The number of H-pyrrole nitrogens is 1. The summed E-state index contributed by atoms with van der Waals surface area (Å²) in [5, 5.41) is 13.1. The van der Waals surface area contributed by atoms with Crippen molar-refractivity contribution in [1.82, 2.24) is 10.1 Å². The lowest BCUT2D eigenvalue weighted by molar-refractivity contribution is -0.139. The molecule has 4 N–H and O–H groups in total. The quantitative estimate of drug-likeness (QED) is 0.437. The molecule has 0 aliphatic carbocycles. The number of rotatable bonds is 8. The van der Waals surface area contributed by atoms with Gasteiger partial charge in [-0.2, -0.15) is 0 Å². The fourth-order valence-electron chi connectivity index (χ4n) is 3.31. The van der Waals surface area contributed by atoms with E-state index in [9.17, 15) is 19.4 Å². The minimum Gasteiger partial charge on any atom is -0.480 e. The molecule has 142 valence electrons. The second kappa shape index (κ2) is 8.09. The van der Waals surface area contributed by atoms with Crippen molar-refractivity contribution in [3.05, 3.63) is 71.9 Å². The highest BCUT2D eigenvalue weighted by atomic mass is 31.2. The van der Waals surface area contributed by atoms with E-state index in [0.29, 0.717) is 5.56 Å². The van der Waals surface area contributed by atoms with E-state index in [2.05, 4.69) is 10.1 Å². The monoisotopic (exact) mass is 386 g/mol. The van der Waals surface area contributed by atoms with Crippen LogP contribution >= 0.6 is 7.52 Å². The summed E-state index contributed by atoms with van der Waals surface area (Å²) in [5.41, 5.74) is 2.66. The van der Waals surface area contributed by atoms with Crippen LogP contribution in [-0.2, 0) is 15.5 Å². The Bertz CT molecular complexity index is 970. The van der Waals surface area contributed by atoms with Crippen LogP contribution in [-0.4, -0.2) is 27.0 Å². The van der Waals surface area contributed by atoms with Gasteiger partial charge in [-0.25, -0.2) is 5.09 Å². The molecule has 3 rings (SSSR count). The summed E-state index contributed by atoms with van der Waals surface area (Å²) in [5.74, 6) is -1.24. The minimum atomic E-state index is -3.84. The van der Waals surface area contributed by atoms with Gasteiger partial charge in [0.05, 0.1) is 6.16 Å². The molecular weight excluding hydrogens is 363 g/mol. The van der Waals surface area contributed by atoms with E-state index < -0.39 is 19.5 Å². The van der Waals surface area contributed by atoms with Gasteiger partial charge >= 0.3 is 5.97 Å². The van der Waals surface area contributed by atoms with Crippen LogP contribution in [0.2, 0.25) is 0 Å². The van der Waals surface area contributed by atoms with Crippen LogP contribution in [0.15, 0.2) is 60.8 Å². The molecular formula is C20H23N2O4P. The molecule has 3 unspecified atom stereocenters. The number of nitrogens with one attached hydrogen (secondary N) is 2. The Morgan fingerprint density at radius 1 is 1.15 bits per heavy atom. The first-order chi connectivity index (χ1) is 12.9. The molecule has 6 nitrogen and oxygen atoms in total. The van der Waals surface area contributed by atoms with Crippen LogP contribution in [0.3, 0.4) is 0 Å². The van der Waals surface area contributed by atoms with Crippen LogP contribution in [0.25, 0.3) is 10.9 Å². The van der Waals surface area contributed by atoms with E-state index in [1.807, 2.05) is 43.5 Å². The zero-order valence-electron chi connectivity index (χ0n) is 15.0. The van der Waals surface area contributed by atoms with Gasteiger partial charge in [-0.3, -0.25) is 9.36 Å². The largest absolute Gasteiger partial charge is 0.480 e. The average Bonchev–Trinajstić information content (AvgIpc) is 3.05. The molecule has 3 aromatic rings. The number of aromatic amines is 1. The first-order valence-electron chi connectivity index (χ1n) is 8.78. The highest BCUT2D eigenvalue weighted by Crippen LogP contribution is 2.41. The Labute approximate surface area is 157 Å². The lowest BCUT2D eigenvalue weighted by Crippen LogP contribution is -2.36. The van der Waals surface area contributed by atoms with E-state index in [1.54, 1.807) is 24.3 Å². The van der Waals surface area contributed by atoms with Gasteiger partial charge in [0.2, 0.25) is 0 Å². The number of para-hydroxylation sites is 1. The van der Waals surface area contributed by atoms with Crippen LogP contribution < -0.4 is 5.09 Å². The van der Waals surface area contributed by atoms with Crippen molar-refractivity contribution in [3.63, 3.8) is 0 Å². The maximum atomic E-state index is 12.6. The number of aliphatic carboxylic acids is 1. The van der Waals surface area contributed by atoms with Crippen molar-refractivity contribution in [1.29, 1.82) is 0 Å². The molecule has 3 atom stereocenters. The van der Waals surface area contributed by atoms with Crippen molar-refractivity contribution >= 4 is 24.4 Å². The molecule has 0 aliphatic heterocycles. The Hall–Kier alpha value is -2.40. The zero-order valence-corrected chi connectivity index (χ0v) is 15.9. The normalized spacial score (nSPS) is 15.9. The molecule has 7 heteroatoms. The van der Waals surface area contributed by atoms with Gasteiger partial charge in [-0.15, -0.1) is 0 Å². The third kappa shape index (κ3) is 4.86. The molecule has 1 heterocycles. The highest BCUT2D eigenvalue weighted by molar-refractivity contribution is 7.55. The predicted octanol–water partition coefficient (Wildman–Crippen LogP) is 4.09. The summed E-state index contributed by atoms with van der Waals surface area (Å²) >= 11 is 0. The van der Waals surface area contributed by atoms with Crippen molar-refractivity contribution in [2.45, 2.75) is 31.5 Å². The highest BCUT2D eigenvalue weighted by Gasteiger charge is 2.30. The molecule has 0 bridgehead atoms. The number of hydrogen-bond donors (Lipinski definition) is 4. The second-order valence-electron chi connectivity index (χ2n) is 6.79. The summed E-state index contributed by atoms with van der Waals surface area (Å²) in [6.07, 6.45) is 1.96. The van der Waals surface area contributed by atoms with E-state index in [4.69, 9.17) is 0 Å². The summed E-state index contributed by atoms with van der Waals surface area (Å²) in [4.78, 5) is 25.2. The topological polar surface area (TPSA) is 102 Å². The smallest absolute Gasteiger partial charge is 0.321 e. The summed E-state index contributed by atoms with van der Waals surface area (Å²) < 4.78 is 12.6. The van der Waals surface area contributed by atoms with Crippen LogP contribution in [0, 0.1) is 0 Å². The van der Waals surface area contributed by atoms with Crippen molar-refractivity contribution in [2.75, 3.05) is 0 Å². The van der Waals surface area contributed by atoms with E-state index in [1.165, 1.54) is 0 Å². The number of carbonyl (C=O) groups is 1. The SMILES string of the molecule is CC(CC(NP(=O)(O)Cc1ccccc1)C(=O)O)c1c[nH]c2ccccc12. The van der Waals surface area contributed by atoms with Gasteiger partial charge < -0.3 is 15.0 Å². The molecule has 27 heavy (non-hydrogen) atoms. The molecule has 0 saturated heterocycles. The molecule has 2 aromatic carbocycles. The number of hydrogen-bond acceptors (Lipinski definition) is 2. The number of fused-ring (bicyclic) bond motifs is 1. The fraction of sp³-hybridized carbons (Fsp3) is 0.250. The lowest BCUT2D eigenvalue weighted by atomic mass is 9.94. The number of carboxylic acid groups (broad SMARTS) is 1. The van der Waals surface area contributed by atoms with E-state index >= 15 is 0 Å². The minimum absolute atomic E-state index is 0.105. The fourth-order valence-corrected chi connectivity index (χ4v) is 4.81. The Morgan fingerprint density at radius 3 is 2.52 bits per heavy atom. The van der Waals surface area contributed by atoms with Gasteiger partial charge in [0.15, 0.2) is 0 Å². The molecule has 0 spiro atoms. The number of benzene rings is 2. The average molecular weight is 386 g/mol. The molecule has 0 aliphatic rings. The molecule has 1 aromatic heterocycles. The van der Waals surface area contributed by atoms with Gasteiger partial charge in [0, 0.05) is 17.1 Å².